The number of carbonyl (C=O) groups is 2. The summed E-state index contributed by atoms with van der Waals surface area (Å²) in [6.07, 6.45) is 6.95. The number of amides is 1. The summed E-state index contributed by atoms with van der Waals surface area (Å²) in [4.78, 5) is 23.3. The van der Waals surface area contributed by atoms with E-state index in [1.54, 1.807) is 12.1 Å². The Bertz CT molecular complexity index is 714. The maximum atomic E-state index is 12.2. The van der Waals surface area contributed by atoms with Gasteiger partial charge in [-0.3, -0.25) is 4.79 Å². The van der Waals surface area contributed by atoms with Crippen LogP contribution in [0.25, 0.3) is 0 Å². The average Bonchev–Trinajstić information content (AvgIpc) is 2.66. The second-order valence-corrected chi connectivity index (χ2v) is 9.68. The highest BCUT2D eigenvalue weighted by molar-refractivity contribution is 7.80. The first-order chi connectivity index (χ1) is 14.1. The van der Waals surface area contributed by atoms with Gasteiger partial charge in [0.15, 0.2) is 5.11 Å². The summed E-state index contributed by atoms with van der Waals surface area (Å²) in [5.74, 6) is -1.31. The topological polar surface area (TPSA) is 90.5 Å². The van der Waals surface area contributed by atoms with Crippen LogP contribution in [0, 0.1) is 0 Å². The fourth-order valence-electron chi connectivity index (χ4n) is 2.70. The zero-order valence-electron chi connectivity index (χ0n) is 16.8. The Morgan fingerprint density at radius 1 is 1.07 bits per heavy atom. The van der Waals surface area contributed by atoms with Crippen molar-refractivity contribution < 1.29 is 14.7 Å². The van der Waals surface area contributed by atoms with Crippen LogP contribution in [0.5, 0.6) is 0 Å². The third-order valence-corrected chi connectivity index (χ3v) is 5.16. The van der Waals surface area contributed by atoms with Crippen LogP contribution in [0.1, 0.15) is 68.6 Å². The number of unbranched alkanes of at least 4 members (excludes halogenated alkanes) is 6. The molecule has 0 radical (unpaired) electrons. The number of hydrogen-bond acceptors (Lipinski definition) is 3. The van der Waals surface area contributed by atoms with Crippen molar-refractivity contribution in [3.05, 3.63) is 29.8 Å². The highest BCUT2D eigenvalue weighted by Crippen LogP contribution is 2.29. The van der Waals surface area contributed by atoms with E-state index < -0.39 is 15.9 Å². The van der Waals surface area contributed by atoms with Gasteiger partial charge in [0.2, 0.25) is 9.70 Å². The predicted molar refractivity (Wildman–Crippen MR) is 128 cm³/mol. The number of carboxylic acids is 1. The molecule has 0 unspecified atom stereocenters. The first kappa shape index (κ1) is 26.8. The minimum Gasteiger partial charge on any atom is -0.478 e. The van der Waals surface area contributed by atoms with Crippen LogP contribution >= 0.6 is 47.0 Å². The maximum absolute atomic E-state index is 12.2. The number of halogens is 3. The molecule has 1 amide bonds. The monoisotopic (exact) mass is 495 g/mol. The van der Waals surface area contributed by atoms with Crippen molar-refractivity contribution in [2.24, 2.45) is 0 Å². The molecule has 0 aliphatic rings. The molecule has 0 saturated heterocycles. The lowest BCUT2D eigenvalue weighted by Gasteiger charge is -2.27. The lowest BCUT2D eigenvalue weighted by Crippen LogP contribution is -2.56. The van der Waals surface area contributed by atoms with E-state index >= 15 is 0 Å². The molecule has 0 aliphatic heterocycles. The third-order valence-electron chi connectivity index (χ3n) is 4.28. The van der Waals surface area contributed by atoms with Gasteiger partial charge in [-0.1, -0.05) is 86.3 Å². The van der Waals surface area contributed by atoms with Crippen molar-refractivity contribution in [3.8, 4) is 0 Å². The highest BCUT2D eigenvalue weighted by atomic mass is 35.6. The van der Waals surface area contributed by atoms with Crippen LogP contribution in [0.2, 0.25) is 0 Å². The van der Waals surface area contributed by atoms with E-state index in [0.717, 1.165) is 19.3 Å². The fourth-order valence-corrected chi connectivity index (χ4v) is 3.27. The fraction of sp³-hybridized carbons (Fsp3) is 0.550. The molecule has 1 aromatic carbocycles. The number of anilines is 1. The lowest BCUT2D eigenvalue weighted by atomic mass is 10.1. The number of thiocarbonyl (C=S) groups is 1. The standard InChI is InChI=1S/C20H28Cl3N3O3S/c1-2-3-4-5-6-7-8-12-16(27)25-18(20(21,22)23)26-19(30)24-15-11-9-10-14(13-15)17(28)29/h9-11,13,18H,2-8,12H2,1H3,(H,25,27)(H,28,29)(H2,24,26,30)/t18-/m1/s1. The largest absolute Gasteiger partial charge is 0.478 e. The molecule has 0 fully saturated rings. The lowest BCUT2D eigenvalue weighted by molar-refractivity contribution is -0.122. The Morgan fingerprint density at radius 2 is 1.70 bits per heavy atom. The number of carbonyl (C=O) groups excluding carboxylic acids is 1. The van der Waals surface area contributed by atoms with Crippen molar-refractivity contribution >= 4 is 69.7 Å². The van der Waals surface area contributed by atoms with E-state index in [-0.39, 0.29) is 16.6 Å². The molecule has 0 aromatic heterocycles. The minimum absolute atomic E-state index is 0.0742. The van der Waals surface area contributed by atoms with Crippen molar-refractivity contribution in [2.75, 3.05) is 5.32 Å². The molecule has 1 atom stereocenters. The summed E-state index contributed by atoms with van der Waals surface area (Å²) in [6, 6.07) is 6.09. The van der Waals surface area contributed by atoms with Gasteiger partial charge in [-0.05, 0) is 36.8 Å². The third kappa shape index (κ3) is 11.2. The molecular weight excluding hydrogens is 469 g/mol. The van der Waals surface area contributed by atoms with Gasteiger partial charge in [-0.2, -0.15) is 0 Å². The van der Waals surface area contributed by atoms with Crippen LogP contribution < -0.4 is 16.0 Å². The first-order valence-electron chi connectivity index (χ1n) is 9.90. The first-order valence-corrected chi connectivity index (χ1v) is 11.4. The smallest absolute Gasteiger partial charge is 0.335 e. The Hall–Kier alpha value is -1.28. The number of carboxylic acid groups (broad SMARTS) is 1. The summed E-state index contributed by atoms with van der Waals surface area (Å²) in [5.41, 5.74) is 0.550. The molecule has 0 saturated carbocycles. The van der Waals surface area contributed by atoms with E-state index in [2.05, 4.69) is 22.9 Å². The summed E-state index contributed by atoms with van der Waals surface area (Å²) in [6.45, 7) is 2.17. The van der Waals surface area contributed by atoms with E-state index in [1.807, 2.05) is 0 Å². The van der Waals surface area contributed by atoms with E-state index in [4.69, 9.17) is 52.1 Å². The van der Waals surface area contributed by atoms with Gasteiger partial charge in [0.25, 0.3) is 0 Å². The molecular formula is C20H28Cl3N3O3S. The normalized spacial score (nSPS) is 12.1. The van der Waals surface area contributed by atoms with Gasteiger partial charge in [0, 0.05) is 12.1 Å². The Balaban J connectivity index is 2.51. The van der Waals surface area contributed by atoms with Crippen LogP contribution in [-0.2, 0) is 4.79 Å². The van der Waals surface area contributed by atoms with Crippen molar-refractivity contribution in [1.29, 1.82) is 0 Å². The SMILES string of the molecule is CCCCCCCCCC(=O)N[C@H](NC(=S)Nc1cccc(C(=O)O)c1)C(Cl)(Cl)Cl. The number of benzene rings is 1. The summed E-state index contributed by atoms with van der Waals surface area (Å²) < 4.78 is -1.84. The van der Waals surface area contributed by atoms with Crippen LogP contribution in [0.15, 0.2) is 24.3 Å². The zero-order chi connectivity index (χ0) is 22.6. The van der Waals surface area contributed by atoms with E-state index in [0.29, 0.717) is 12.1 Å². The molecule has 1 rings (SSSR count). The van der Waals surface area contributed by atoms with Crippen molar-refractivity contribution in [1.82, 2.24) is 10.6 Å². The molecule has 0 spiro atoms. The Kier molecular flexibility index (Phi) is 12.4. The van der Waals surface area contributed by atoms with Gasteiger partial charge in [-0.15, -0.1) is 0 Å². The van der Waals surface area contributed by atoms with Crippen LogP contribution in [0.4, 0.5) is 5.69 Å². The molecule has 6 nitrogen and oxygen atoms in total. The maximum Gasteiger partial charge on any atom is 0.335 e. The average molecular weight is 497 g/mol. The Labute approximate surface area is 198 Å². The number of aromatic carboxylic acids is 1. The number of rotatable bonds is 12. The number of nitrogens with one attached hydrogen (secondary N) is 3. The highest BCUT2D eigenvalue weighted by Gasteiger charge is 2.34. The molecule has 4 N–H and O–H groups in total. The number of hydrogen-bond donors (Lipinski definition) is 4. The second kappa shape index (κ2) is 13.9. The van der Waals surface area contributed by atoms with Crippen LogP contribution in [0.3, 0.4) is 0 Å². The second-order valence-electron chi connectivity index (χ2n) is 6.90. The summed E-state index contributed by atoms with van der Waals surface area (Å²) in [7, 11) is 0. The van der Waals surface area contributed by atoms with E-state index in [1.165, 1.54) is 37.8 Å². The molecule has 0 heterocycles. The molecule has 0 bridgehead atoms. The molecule has 1 aromatic rings. The van der Waals surface area contributed by atoms with Gasteiger partial charge in [0.05, 0.1) is 5.56 Å². The predicted octanol–water partition coefficient (Wildman–Crippen LogP) is 5.62. The van der Waals surface area contributed by atoms with Crippen LogP contribution in [-0.4, -0.2) is 32.1 Å². The zero-order valence-corrected chi connectivity index (χ0v) is 19.9. The van der Waals surface area contributed by atoms with Gasteiger partial charge >= 0.3 is 5.97 Å². The quantitative estimate of drug-likeness (QED) is 0.130. The van der Waals surface area contributed by atoms with Gasteiger partial charge in [-0.25, -0.2) is 4.79 Å². The number of alkyl halides is 3. The molecule has 0 aliphatic carbocycles. The summed E-state index contributed by atoms with van der Waals surface area (Å²) >= 11 is 23.1. The minimum atomic E-state index is -1.84. The van der Waals surface area contributed by atoms with Crippen molar-refractivity contribution in [2.45, 2.75) is 68.2 Å². The van der Waals surface area contributed by atoms with Gasteiger partial charge < -0.3 is 21.1 Å². The van der Waals surface area contributed by atoms with Gasteiger partial charge in [0.1, 0.15) is 6.17 Å². The molecule has 168 valence electrons. The van der Waals surface area contributed by atoms with E-state index in [9.17, 15) is 9.59 Å². The van der Waals surface area contributed by atoms with Crippen molar-refractivity contribution in [3.63, 3.8) is 0 Å². The summed E-state index contributed by atoms with van der Waals surface area (Å²) in [5, 5.41) is 17.4. The Morgan fingerprint density at radius 3 is 2.30 bits per heavy atom. The molecule has 10 heteroatoms. The molecule has 30 heavy (non-hydrogen) atoms.